The van der Waals surface area contributed by atoms with Crippen LogP contribution in [0.15, 0.2) is 12.3 Å². The average Bonchev–Trinajstić information content (AvgIpc) is 2.77. The zero-order valence-corrected chi connectivity index (χ0v) is 11.5. The van der Waals surface area contributed by atoms with Gasteiger partial charge in [-0.25, -0.2) is 0 Å². The molecule has 106 valence electrons. The van der Waals surface area contributed by atoms with Gasteiger partial charge in [0.15, 0.2) is 0 Å². The van der Waals surface area contributed by atoms with E-state index in [2.05, 4.69) is 23.8 Å². The topological polar surface area (TPSA) is 67.6 Å². The maximum Gasteiger partial charge on any atom is 0.306 e. The van der Waals surface area contributed by atoms with Crippen LogP contribution in [0.3, 0.4) is 0 Å². The lowest BCUT2D eigenvalue weighted by molar-refractivity contribution is -0.142. The highest BCUT2D eigenvalue weighted by atomic mass is 16.5. The summed E-state index contributed by atoms with van der Waals surface area (Å²) in [5.74, 6) is -0.809. The highest BCUT2D eigenvalue weighted by Gasteiger charge is 2.23. The van der Waals surface area contributed by atoms with Crippen molar-refractivity contribution in [1.29, 1.82) is 0 Å². The van der Waals surface area contributed by atoms with Crippen LogP contribution in [-0.4, -0.2) is 51.6 Å². The Labute approximate surface area is 113 Å². The SMILES string of the molecule is CC(C)n1ccc(CN2CCOC(CC(=O)O)C2)n1. The Hall–Kier alpha value is -1.40. The quantitative estimate of drug-likeness (QED) is 0.866. The largest absolute Gasteiger partial charge is 0.481 e. The number of hydrogen-bond donors (Lipinski definition) is 1. The fourth-order valence-electron chi connectivity index (χ4n) is 2.22. The van der Waals surface area contributed by atoms with Crippen LogP contribution in [0.25, 0.3) is 0 Å². The first kappa shape index (κ1) is 14.0. The molecule has 19 heavy (non-hydrogen) atoms. The minimum Gasteiger partial charge on any atom is -0.481 e. The first-order chi connectivity index (χ1) is 9.04. The Balaban J connectivity index is 1.89. The minimum atomic E-state index is -0.809. The minimum absolute atomic E-state index is 0.0664. The van der Waals surface area contributed by atoms with Gasteiger partial charge >= 0.3 is 5.97 Å². The predicted molar refractivity (Wildman–Crippen MR) is 69.9 cm³/mol. The molecule has 0 spiro atoms. The number of carbonyl (C=O) groups is 1. The fraction of sp³-hybridized carbons (Fsp3) is 0.692. The van der Waals surface area contributed by atoms with Crippen LogP contribution in [0.4, 0.5) is 0 Å². The van der Waals surface area contributed by atoms with Crippen LogP contribution in [0.1, 0.15) is 32.0 Å². The maximum absolute atomic E-state index is 10.7. The number of rotatable bonds is 5. The molecule has 0 saturated carbocycles. The molecule has 1 unspecified atom stereocenters. The van der Waals surface area contributed by atoms with Gasteiger partial charge in [0, 0.05) is 31.9 Å². The van der Waals surface area contributed by atoms with E-state index in [1.54, 1.807) is 0 Å². The first-order valence-electron chi connectivity index (χ1n) is 6.64. The van der Waals surface area contributed by atoms with Crippen molar-refractivity contribution in [3.8, 4) is 0 Å². The molecule has 0 aliphatic carbocycles. The second-order valence-electron chi connectivity index (χ2n) is 5.21. The Bertz CT molecular complexity index is 431. The smallest absolute Gasteiger partial charge is 0.306 e. The fourth-order valence-corrected chi connectivity index (χ4v) is 2.22. The third kappa shape index (κ3) is 4.04. The van der Waals surface area contributed by atoms with Gasteiger partial charge in [-0.05, 0) is 19.9 Å². The number of aromatic nitrogens is 2. The van der Waals surface area contributed by atoms with Gasteiger partial charge in [-0.1, -0.05) is 0 Å². The van der Waals surface area contributed by atoms with E-state index in [0.717, 1.165) is 18.8 Å². The molecular formula is C13H21N3O3. The number of hydrogen-bond acceptors (Lipinski definition) is 4. The maximum atomic E-state index is 10.7. The first-order valence-corrected chi connectivity index (χ1v) is 6.64. The predicted octanol–water partition coefficient (Wildman–Crippen LogP) is 1.14. The molecule has 1 aliphatic rings. The summed E-state index contributed by atoms with van der Waals surface area (Å²) in [7, 11) is 0. The van der Waals surface area contributed by atoms with E-state index in [-0.39, 0.29) is 12.5 Å². The Morgan fingerprint density at radius 1 is 1.63 bits per heavy atom. The summed E-state index contributed by atoms with van der Waals surface area (Å²) in [6.07, 6.45) is 1.84. The molecule has 0 amide bonds. The summed E-state index contributed by atoms with van der Waals surface area (Å²) < 4.78 is 7.39. The number of morpholine rings is 1. The molecule has 1 aromatic heterocycles. The standard InChI is InChI=1S/C13H21N3O3/c1-10(2)16-4-3-11(14-16)8-15-5-6-19-12(9-15)7-13(17)18/h3-4,10,12H,5-9H2,1-2H3,(H,17,18). The van der Waals surface area contributed by atoms with Crippen molar-refractivity contribution < 1.29 is 14.6 Å². The van der Waals surface area contributed by atoms with E-state index >= 15 is 0 Å². The third-order valence-electron chi connectivity index (χ3n) is 3.20. The molecule has 1 saturated heterocycles. The zero-order valence-electron chi connectivity index (χ0n) is 11.5. The molecule has 1 aromatic rings. The second kappa shape index (κ2) is 6.16. The van der Waals surface area contributed by atoms with E-state index in [4.69, 9.17) is 9.84 Å². The van der Waals surface area contributed by atoms with Gasteiger partial charge in [0.2, 0.25) is 0 Å². The van der Waals surface area contributed by atoms with Gasteiger partial charge in [-0.2, -0.15) is 5.10 Å². The van der Waals surface area contributed by atoms with Crippen molar-refractivity contribution in [1.82, 2.24) is 14.7 Å². The van der Waals surface area contributed by atoms with E-state index in [0.29, 0.717) is 19.2 Å². The highest BCUT2D eigenvalue weighted by molar-refractivity contribution is 5.67. The molecule has 1 N–H and O–H groups in total. The Kier molecular flexibility index (Phi) is 4.55. The molecule has 1 aliphatic heterocycles. The summed E-state index contributed by atoms with van der Waals surface area (Å²) in [5, 5.41) is 13.3. The molecule has 2 heterocycles. The molecule has 0 aromatic carbocycles. The van der Waals surface area contributed by atoms with Crippen molar-refractivity contribution in [2.24, 2.45) is 0 Å². The van der Waals surface area contributed by atoms with Gasteiger partial charge in [0.05, 0.1) is 24.8 Å². The van der Waals surface area contributed by atoms with E-state index in [9.17, 15) is 4.79 Å². The summed E-state index contributed by atoms with van der Waals surface area (Å²) in [6.45, 7) is 7.00. The summed E-state index contributed by atoms with van der Waals surface area (Å²) in [6, 6.07) is 2.37. The third-order valence-corrected chi connectivity index (χ3v) is 3.20. The lowest BCUT2D eigenvalue weighted by Gasteiger charge is -2.31. The summed E-state index contributed by atoms with van der Waals surface area (Å²) in [4.78, 5) is 12.9. The molecule has 6 nitrogen and oxygen atoms in total. The van der Waals surface area contributed by atoms with E-state index < -0.39 is 5.97 Å². The van der Waals surface area contributed by atoms with Crippen LogP contribution in [-0.2, 0) is 16.1 Å². The molecule has 1 fully saturated rings. The van der Waals surface area contributed by atoms with Gasteiger partial charge in [-0.3, -0.25) is 14.4 Å². The van der Waals surface area contributed by atoms with Crippen LogP contribution < -0.4 is 0 Å². The van der Waals surface area contributed by atoms with Crippen molar-refractivity contribution in [3.05, 3.63) is 18.0 Å². The number of carboxylic acids is 1. The van der Waals surface area contributed by atoms with Crippen molar-refractivity contribution in [2.45, 2.75) is 39.0 Å². The Morgan fingerprint density at radius 3 is 3.05 bits per heavy atom. The van der Waals surface area contributed by atoms with Gasteiger partial charge in [0.25, 0.3) is 0 Å². The van der Waals surface area contributed by atoms with Crippen molar-refractivity contribution >= 4 is 5.97 Å². The molecule has 0 radical (unpaired) electrons. The Morgan fingerprint density at radius 2 is 2.42 bits per heavy atom. The number of nitrogens with zero attached hydrogens (tertiary/aromatic N) is 3. The summed E-state index contributed by atoms with van der Waals surface area (Å²) in [5.41, 5.74) is 1.02. The van der Waals surface area contributed by atoms with Gasteiger partial charge in [0.1, 0.15) is 0 Å². The van der Waals surface area contributed by atoms with E-state index in [1.165, 1.54) is 0 Å². The molecule has 1 atom stereocenters. The van der Waals surface area contributed by atoms with E-state index in [1.807, 2.05) is 16.9 Å². The monoisotopic (exact) mass is 267 g/mol. The summed E-state index contributed by atoms with van der Waals surface area (Å²) >= 11 is 0. The van der Waals surface area contributed by atoms with Crippen LogP contribution in [0.5, 0.6) is 0 Å². The molecule has 0 bridgehead atoms. The lowest BCUT2D eigenvalue weighted by Crippen LogP contribution is -2.42. The molecular weight excluding hydrogens is 246 g/mol. The molecule has 2 rings (SSSR count). The molecule has 6 heteroatoms. The van der Waals surface area contributed by atoms with Crippen molar-refractivity contribution in [3.63, 3.8) is 0 Å². The number of ether oxygens (including phenoxy) is 1. The van der Waals surface area contributed by atoms with Crippen molar-refractivity contribution in [2.75, 3.05) is 19.7 Å². The van der Waals surface area contributed by atoms with Crippen LogP contribution in [0.2, 0.25) is 0 Å². The highest BCUT2D eigenvalue weighted by Crippen LogP contribution is 2.12. The van der Waals surface area contributed by atoms with Crippen LogP contribution in [0, 0.1) is 0 Å². The average molecular weight is 267 g/mol. The second-order valence-corrected chi connectivity index (χ2v) is 5.21. The zero-order chi connectivity index (χ0) is 13.8. The van der Waals surface area contributed by atoms with Gasteiger partial charge in [-0.15, -0.1) is 0 Å². The van der Waals surface area contributed by atoms with Gasteiger partial charge < -0.3 is 9.84 Å². The normalized spacial score (nSPS) is 20.9. The lowest BCUT2D eigenvalue weighted by atomic mass is 10.2. The number of aliphatic carboxylic acids is 1. The number of carboxylic acid groups (broad SMARTS) is 1. The van der Waals surface area contributed by atoms with Crippen LogP contribution >= 0.6 is 0 Å².